The molecule has 2 aromatic heterocycles. The quantitative estimate of drug-likeness (QED) is 0.102. The molecule has 6 rings (SSSR count). The lowest BCUT2D eigenvalue weighted by Crippen LogP contribution is -2.54. The predicted molar refractivity (Wildman–Crippen MR) is 198 cm³/mol. The zero-order valence-corrected chi connectivity index (χ0v) is 29.8. The summed E-state index contributed by atoms with van der Waals surface area (Å²) in [6, 6.07) is 26.2. The average molecular weight is 704 g/mol. The molecule has 3 aromatic carbocycles. The van der Waals surface area contributed by atoms with Crippen molar-refractivity contribution in [3.63, 3.8) is 0 Å². The van der Waals surface area contributed by atoms with Crippen LogP contribution in [0.2, 0.25) is 0 Å². The second-order valence-electron chi connectivity index (χ2n) is 13.9. The molecule has 1 aliphatic rings. The molecule has 12 heteroatoms. The number of aromatic amines is 1. The molecule has 3 heterocycles. The minimum atomic E-state index is -0.843. The van der Waals surface area contributed by atoms with Crippen molar-refractivity contribution in [3.05, 3.63) is 108 Å². The molecule has 5 atom stereocenters. The van der Waals surface area contributed by atoms with E-state index in [2.05, 4.69) is 36.2 Å². The summed E-state index contributed by atoms with van der Waals surface area (Å²) in [5, 5.41) is 12.7. The zero-order valence-electron chi connectivity index (χ0n) is 29.8. The van der Waals surface area contributed by atoms with Crippen molar-refractivity contribution in [1.82, 2.24) is 36.2 Å². The van der Waals surface area contributed by atoms with Crippen LogP contribution in [0.1, 0.15) is 56.0 Å². The summed E-state index contributed by atoms with van der Waals surface area (Å²) in [5.74, 6) is -1.23. The lowest BCUT2D eigenvalue weighted by Gasteiger charge is -2.25. The van der Waals surface area contributed by atoms with E-state index in [1.165, 1.54) is 0 Å². The minimum absolute atomic E-state index is 0.0177. The van der Waals surface area contributed by atoms with Crippen molar-refractivity contribution in [1.29, 1.82) is 0 Å². The first-order valence-electron chi connectivity index (χ1n) is 17.7. The lowest BCUT2D eigenvalue weighted by atomic mass is 9.98. The Hall–Kier alpha value is -5.62. The van der Waals surface area contributed by atoms with Gasteiger partial charge >= 0.3 is 0 Å². The van der Waals surface area contributed by atoms with Crippen molar-refractivity contribution >= 4 is 45.6 Å². The Labute approximate surface area is 302 Å². The number of ether oxygens (including phenoxy) is 1. The van der Waals surface area contributed by atoms with E-state index in [1.54, 1.807) is 6.07 Å². The smallest absolute Gasteiger partial charge is 0.270 e. The van der Waals surface area contributed by atoms with Crippen LogP contribution in [-0.2, 0) is 32.1 Å². The third-order valence-electron chi connectivity index (χ3n) is 9.23. The second kappa shape index (κ2) is 16.2. The summed E-state index contributed by atoms with van der Waals surface area (Å²) in [6.07, 6.45) is -0.433. The molecule has 1 aliphatic heterocycles. The third kappa shape index (κ3) is 8.99. The zero-order chi connectivity index (χ0) is 36.8. The number of hydrogen-bond acceptors (Lipinski definition) is 7. The molecular formula is C40H45N7O5. The molecule has 0 spiro atoms. The van der Waals surface area contributed by atoms with Crippen molar-refractivity contribution in [2.75, 3.05) is 0 Å². The fourth-order valence-electron chi connectivity index (χ4n) is 6.33. The monoisotopic (exact) mass is 703 g/mol. The number of aromatic nitrogens is 3. The Kier molecular flexibility index (Phi) is 11.2. The number of rotatable bonds is 15. The van der Waals surface area contributed by atoms with Gasteiger partial charge < -0.3 is 31.0 Å². The van der Waals surface area contributed by atoms with E-state index in [9.17, 15) is 19.2 Å². The van der Waals surface area contributed by atoms with Gasteiger partial charge in [-0.15, -0.1) is 0 Å². The number of carbonyl (C=O) groups excluding carboxylic acids is 4. The Morgan fingerprint density at radius 1 is 0.731 bits per heavy atom. The van der Waals surface area contributed by atoms with E-state index in [0.717, 1.165) is 22.0 Å². The highest BCUT2D eigenvalue weighted by atomic mass is 16.6. The molecule has 5 N–H and O–H groups in total. The summed E-state index contributed by atoms with van der Waals surface area (Å²) in [7, 11) is 0. The second-order valence-corrected chi connectivity index (χ2v) is 13.9. The molecule has 0 bridgehead atoms. The van der Waals surface area contributed by atoms with E-state index in [4.69, 9.17) is 4.74 Å². The number of fused-ring (bicyclic) bond motifs is 2. The van der Waals surface area contributed by atoms with E-state index < -0.39 is 36.2 Å². The molecule has 4 amide bonds. The number of epoxide rings is 1. The summed E-state index contributed by atoms with van der Waals surface area (Å²) >= 11 is 0. The van der Waals surface area contributed by atoms with Crippen LogP contribution < -0.4 is 21.3 Å². The molecule has 1 fully saturated rings. The number of nitrogens with one attached hydrogen (secondary N) is 5. The van der Waals surface area contributed by atoms with Gasteiger partial charge in [0.1, 0.15) is 29.7 Å². The van der Waals surface area contributed by atoms with Gasteiger partial charge in [-0.1, -0.05) is 94.4 Å². The van der Waals surface area contributed by atoms with Gasteiger partial charge in [0.25, 0.3) is 5.91 Å². The molecular weight excluding hydrogens is 658 g/mol. The Balaban J connectivity index is 1.07. The highest BCUT2D eigenvalue weighted by molar-refractivity contribution is 5.98. The first-order chi connectivity index (χ1) is 25.0. The highest BCUT2D eigenvalue weighted by Crippen LogP contribution is 2.30. The number of hydrogen-bond donors (Lipinski definition) is 5. The molecule has 1 saturated heterocycles. The van der Waals surface area contributed by atoms with Crippen LogP contribution >= 0.6 is 0 Å². The van der Waals surface area contributed by atoms with Crippen LogP contribution in [0.15, 0.2) is 91.0 Å². The van der Waals surface area contributed by atoms with Gasteiger partial charge in [-0.3, -0.25) is 19.2 Å². The minimum Gasteiger partial charge on any atom is -0.367 e. The van der Waals surface area contributed by atoms with E-state index >= 15 is 0 Å². The van der Waals surface area contributed by atoms with Crippen molar-refractivity contribution in [3.8, 4) is 0 Å². The Morgan fingerprint density at radius 2 is 1.40 bits per heavy atom. The SMILES string of the molecule is CC(C)[C@H](NC(=O)CC1OC1C(Cc1ccccc1)NC(=O)[C@H](NC(=O)c1ccc2ccccc2n1)C(C)C)C(=O)NCc1nc2ccccc2[nH]1. The maximum absolute atomic E-state index is 13.8. The first kappa shape index (κ1) is 36.2. The van der Waals surface area contributed by atoms with Crippen LogP contribution in [0.5, 0.6) is 0 Å². The van der Waals surface area contributed by atoms with Crippen molar-refractivity contribution < 1.29 is 23.9 Å². The fourth-order valence-corrected chi connectivity index (χ4v) is 6.33. The van der Waals surface area contributed by atoms with Gasteiger partial charge in [-0.25, -0.2) is 9.97 Å². The van der Waals surface area contributed by atoms with Gasteiger partial charge in [0.05, 0.1) is 41.7 Å². The number of H-pyrrole nitrogens is 1. The fraction of sp³-hybridized carbons (Fsp3) is 0.350. The number of carbonyl (C=O) groups is 4. The van der Waals surface area contributed by atoms with Gasteiger partial charge in [-0.2, -0.15) is 0 Å². The molecule has 270 valence electrons. The molecule has 52 heavy (non-hydrogen) atoms. The third-order valence-corrected chi connectivity index (χ3v) is 9.23. The largest absolute Gasteiger partial charge is 0.367 e. The maximum Gasteiger partial charge on any atom is 0.270 e. The van der Waals surface area contributed by atoms with Gasteiger partial charge in [0, 0.05) is 5.39 Å². The number of pyridine rings is 1. The summed E-state index contributed by atoms with van der Waals surface area (Å²) < 4.78 is 6.01. The predicted octanol–water partition coefficient (Wildman–Crippen LogP) is 4.21. The van der Waals surface area contributed by atoms with E-state index in [1.807, 2.05) is 113 Å². The normalized spacial score (nSPS) is 17.0. The van der Waals surface area contributed by atoms with E-state index in [-0.39, 0.29) is 48.2 Å². The average Bonchev–Trinajstić information content (AvgIpc) is 3.77. The van der Waals surface area contributed by atoms with Crippen LogP contribution in [0.25, 0.3) is 21.9 Å². The molecule has 5 aromatic rings. The van der Waals surface area contributed by atoms with Crippen LogP contribution in [0, 0.1) is 11.8 Å². The molecule has 3 unspecified atom stereocenters. The first-order valence-corrected chi connectivity index (χ1v) is 17.7. The van der Waals surface area contributed by atoms with Crippen molar-refractivity contribution in [2.24, 2.45) is 11.8 Å². The van der Waals surface area contributed by atoms with E-state index in [0.29, 0.717) is 17.8 Å². The number of nitrogens with zero attached hydrogens (tertiary/aromatic N) is 2. The van der Waals surface area contributed by atoms with Gasteiger partial charge in [-0.05, 0) is 48.1 Å². The van der Waals surface area contributed by atoms with Gasteiger partial charge in [0.2, 0.25) is 17.7 Å². The standard InChI is InChI=1S/C40H45N7O5/c1-23(2)35(39(50)41-22-33-43-28-16-10-11-17-29(28)44-33)46-34(48)21-32-37(52-32)31(20-25-12-6-5-7-13-25)45-40(51)36(24(3)4)47-38(49)30-19-18-26-14-8-9-15-27(26)42-30/h5-19,23-24,31-32,35-37H,20-22H2,1-4H3,(H,41,50)(H,43,44)(H,45,51)(H,46,48)(H,47,49)/t31?,32?,35-,36+,37?/m0/s1. The number of imidazole rings is 1. The Morgan fingerprint density at radius 3 is 2.13 bits per heavy atom. The number of para-hydroxylation sites is 3. The van der Waals surface area contributed by atoms with Crippen molar-refractivity contribution in [2.45, 2.75) is 77.4 Å². The topological polar surface area (TPSA) is 171 Å². The number of benzene rings is 3. The van der Waals surface area contributed by atoms with Crippen LogP contribution in [-0.4, -0.2) is 68.9 Å². The summed E-state index contributed by atoms with van der Waals surface area (Å²) in [4.78, 5) is 65.7. The highest BCUT2D eigenvalue weighted by Gasteiger charge is 2.47. The molecule has 0 saturated carbocycles. The molecule has 0 radical (unpaired) electrons. The Bertz CT molecular complexity index is 2010. The summed E-state index contributed by atoms with van der Waals surface area (Å²) in [5.41, 5.74) is 3.58. The number of amides is 4. The maximum atomic E-state index is 13.8. The molecule has 0 aliphatic carbocycles. The summed E-state index contributed by atoms with van der Waals surface area (Å²) in [6.45, 7) is 7.66. The van der Waals surface area contributed by atoms with Crippen LogP contribution in [0.4, 0.5) is 0 Å². The van der Waals surface area contributed by atoms with Gasteiger partial charge in [0.15, 0.2) is 0 Å². The lowest BCUT2D eigenvalue weighted by molar-refractivity contribution is -0.130. The van der Waals surface area contributed by atoms with Crippen LogP contribution in [0.3, 0.4) is 0 Å². The molecule has 12 nitrogen and oxygen atoms in total.